The Kier molecular flexibility index (Phi) is 1.65. The number of carbonyl (C=O) groups excluding carboxylic acids is 1. The van der Waals surface area contributed by atoms with Crippen molar-refractivity contribution in [3.8, 4) is 0 Å². The van der Waals surface area contributed by atoms with Crippen molar-refractivity contribution in [2.45, 2.75) is 6.42 Å². The molecule has 0 fully saturated rings. The summed E-state index contributed by atoms with van der Waals surface area (Å²) in [6.45, 7) is 0.786. The van der Waals surface area contributed by atoms with Crippen LogP contribution in [0.1, 0.15) is 5.56 Å². The SMILES string of the molecule is O=C=NN1CCc2ccccc21. The number of nitrogens with zero attached hydrogens (tertiary/aromatic N) is 2. The minimum Gasteiger partial charge on any atom is -0.254 e. The van der Waals surface area contributed by atoms with Crippen molar-refractivity contribution in [3.05, 3.63) is 29.8 Å². The molecule has 2 rings (SSSR count). The molecule has 1 aliphatic rings. The number of anilines is 1. The molecule has 12 heavy (non-hydrogen) atoms. The zero-order valence-corrected chi connectivity index (χ0v) is 6.53. The maximum atomic E-state index is 10.0. The Labute approximate surface area is 70.3 Å². The Bertz CT molecular complexity index is 342. The quantitative estimate of drug-likeness (QED) is 0.458. The second kappa shape index (κ2) is 2.80. The lowest BCUT2D eigenvalue weighted by Crippen LogP contribution is -2.11. The van der Waals surface area contributed by atoms with E-state index in [1.54, 1.807) is 11.1 Å². The van der Waals surface area contributed by atoms with Gasteiger partial charge in [-0.2, -0.15) is 0 Å². The van der Waals surface area contributed by atoms with E-state index in [2.05, 4.69) is 11.2 Å². The van der Waals surface area contributed by atoms with E-state index in [-0.39, 0.29) is 0 Å². The highest BCUT2D eigenvalue weighted by molar-refractivity contribution is 5.58. The smallest absolute Gasteiger partial charge is 0.254 e. The van der Waals surface area contributed by atoms with Gasteiger partial charge in [-0.3, -0.25) is 5.01 Å². The molecule has 1 heterocycles. The molecule has 0 amide bonds. The number of hydrogen-bond acceptors (Lipinski definition) is 3. The van der Waals surface area contributed by atoms with Gasteiger partial charge in [0, 0.05) is 6.54 Å². The van der Waals surface area contributed by atoms with Gasteiger partial charge in [0.15, 0.2) is 0 Å². The van der Waals surface area contributed by atoms with Crippen molar-refractivity contribution in [2.24, 2.45) is 5.10 Å². The van der Waals surface area contributed by atoms with Crippen LogP contribution in [0.15, 0.2) is 29.4 Å². The Balaban J connectivity index is 2.42. The maximum absolute atomic E-state index is 10.0. The highest BCUT2D eigenvalue weighted by Crippen LogP contribution is 2.26. The normalized spacial score (nSPS) is 13.8. The highest BCUT2D eigenvalue weighted by atomic mass is 16.1. The predicted octanol–water partition coefficient (Wildman–Crippen LogP) is 1.30. The second-order valence-corrected chi connectivity index (χ2v) is 2.69. The molecular formula is C9H8N2O. The molecule has 0 unspecified atom stereocenters. The first-order valence-electron chi connectivity index (χ1n) is 3.85. The second-order valence-electron chi connectivity index (χ2n) is 2.69. The average Bonchev–Trinajstić information content (AvgIpc) is 2.50. The van der Waals surface area contributed by atoms with Crippen molar-refractivity contribution in [1.82, 2.24) is 0 Å². The Morgan fingerprint density at radius 3 is 3.08 bits per heavy atom. The first-order chi connectivity index (χ1) is 5.92. The van der Waals surface area contributed by atoms with Crippen molar-refractivity contribution in [1.29, 1.82) is 0 Å². The Morgan fingerprint density at radius 1 is 1.42 bits per heavy atom. The monoisotopic (exact) mass is 160 g/mol. The summed E-state index contributed by atoms with van der Waals surface area (Å²) in [5.41, 5.74) is 2.28. The molecule has 0 aromatic heterocycles. The molecule has 1 aliphatic heterocycles. The lowest BCUT2D eigenvalue weighted by Gasteiger charge is -2.08. The number of hydrazone groups is 1. The molecule has 1 aromatic rings. The molecule has 0 atom stereocenters. The summed E-state index contributed by atoms with van der Waals surface area (Å²) in [6.07, 6.45) is 2.51. The van der Waals surface area contributed by atoms with E-state index in [0.29, 0.717) is 0 Å². The van der Waals surface area contributed by atoms with Crippen molar-refractivity contribution in [2.75, 3.05) is 11.6 Å². The largest absolute Gasteiger partial charge is 0.258 e. The van der Waals surface area contributed by atoms with Gasteiger partial charge < -0.3 is 0 Å². The van der Waals surface area contributed by atoms with Gasteiger partial charge in [-0.1, -0.05) is 23.3 Å². The molecule has 0 N–H and O–H groups in total. The number of rotatable bonds is 1. The number of para-hydroxylation sites is 1. The third-order valence-corrected chi connectivity index (χ3v) is 2.02. The highest BCUT2D eigenvalue weighted by Gasteiger charge is 2.16. The molecular weight excluding hydrogens is 152 g/mol. The van der Waals surface area contributed by atoms with E-state index in [1.165, 1.54) is 5.56 Å². The minimum absolute atomic E-state index is 0.786. The lowest BCUT2D eigenvalue weighted by atomic mass is 10.2. The fourth-order valence-electron chi connectivity index (χ4n) is 1.47. The van der Waals surface area contributed by atoms with E-state index in [1.807, 2.05) is 18.2 Å². The van der Waals surface area contributed by atoms with Gasteiger partial charge in [0.25, 0.3) is 6.08 Å². The molecule has 0 bridgehead atoms. The van der Waals surface area contributed by atoms with Crippen LogP contribution in [0.5, 0.6) is 0 Å². The van der Waals surface area contributed by atoms with Crippen LogP contribution in [0.4, 0.5) is 5.69 Å². The fraction of sp³-hybridized carbons (Fsp3) is 0.222. The summed E-state index contributed by atoms with van der Waals surface area (Å²) in [4.78, 5) is 10.0. The molecule has 0 spiro atoms. The topological polar surface area (TPSA) is 32.7 Å². The average molecular weight is 160 g/mol. The molecule has 3 nitrogen and oxygen atoms in total. The van der Waals surface area contributed by atoms with Gasteiger partial charge in [0.1, 0.15) is 0 Å². The van der Waals surface area contributed by atoms with Crippen molar-refractivity contribution in [3.63, 3.8) is 0 Å². The fourth-order valence-corrected chi connectivity index (χ4v) is 1.47. The summed E-state index contributed by atoms with van der Waals surface area (Å²) < 4.78 is 0. The molecule has 0 aliphatic carbocycles. The third kappa shape index (κ3) is 1.00. The van der Waals surface area contributed by atoms with Crippen LogP contribution in [-0.2, 0) is 11.2 Å². The van der Waals surface area contributed by atoms with Crippen LogP contribution in [0.25, 0.3) is 0 Å². The summed E-state index contributed by atoms with van der Waals surface area (Å²) >= 11 is 0. The zero-order chi connectivity index (χ0) is 8.39. The lowest BCUT2D eigenvalue weighted by molar-refractivity contribution is 0.562. The van der Waals surface area contributed by atoms with E-state index >= 15 is 0 Å². The first kappa shape index (κ1) is 7.07. The predicted molar refractivity (Wildman–Crippen MR) is 45.6 cm³/mol. The maximum Gasteiger partial charge on any atom is 0.258 e. The van der Waals surface area contributed by atoms with E-state index in [0.717, 1.165) is 18.7 Å². The van der Waals surface area contributed by atoms with Gasteiger partial charge in [0.05, 0.1) is 5.69 Å². The first-order valence-corrected chi connectivity index (χ1v) is 3.85. The molecule has 0 saturated carbocycles. The molecule has 0 saturated heterocycles. The summed E-state index contributed by atoms with van der Waals surface area (Å²) in [5.74, 6) is 0. The Hall–Kier alpha value is -1.60. The number of fused-ring (bicyclic) bond motifs is 1. The van der Waals surface area contributed by atoms with Gasteiger partial charge in [-0.15, -0.1) is 0 Å². The number of isocyanates is 1. The molecule has 60 valence electrons. The van der Waals surface area contributed by atoms with Crippen LogP contribution in [0.2, 0.25) is 0 Å². The standard InChI is InChI=1S/C9H8N2O/c12-7-10-11-6-5-8-3-1-2-4-9(8)11/h1-4H,5-6H2. The van der Waals surface area contributed by atoms with Gasteiger partial charge in [-0.25, -0.2) is 4.79 Å². The van der Waals surface area contributed by atoms with Crippen LogP contribution < -0.4 is 5.01 Å². The van der Waals surface area contributed by atoms with Crippen molar-refractivity contribution < 1.29 is 4.79 Å². The van der Waals surface area contributed by atoms with Crippen LogP contribution in [0, 0.1) is 0 Å². The van der Waals surface area contributed by atoms with Crippen LogP contribution >= 0.6 is 0 Å². The van der Waals surface area contributed by atoms with E-state index in [4.69, 9.17) is 0 Å². The Morgan fingerprint density at radius 2 is 2.25 bits per heavy atom. The number of benzene rings is 1. The summed E-state index contributed by atoms with van der Waals surface area (Å²) in [5, 5.41) is 5.28. The zero-order valence-electron chi connectivity index (χ0n) is 6.53. The van der Waals surface area contributed by atoms with Gasteiger partial charge in [0.2, 0.25) is 0 Å². The van der Waals surface area contributed by atoms with Crippen molar-refractivity contribution >= 4 is 11.8 Å². The number of hydrogen-bond donors (Lipinski definition) is 0. The van der Waals surface area contributed by atoms with Crippen LogP contribution in [0.3, 0.4) is 0 Å². The minimum atomic E-state index is 0.786. The summed E-state index contributed by atoms with van der Waals surface area (Å²) in [7, 11) is 0. The van der Waals surface area contributed by atoms with Crippen LogP contribution in [-0.4, -0.2) is 12.6 Å². The molecule has 0 radical (unpaired) electrons. The van der Waals surface area contributed by atoms with Gasteiger partial charge >= 0.3 is 0 Å². The molecule has 3 heteroatoms. The summed E-state index contributed by atoms with van der Waals surface area (Å²) in [6, 6.07) is 7.95. The van der Waals surface area contributed by atoms with Gasteiger partial charge in [-0.05, 0) is 18.1 Å². The van der Waals surface area contributed by atoms with E-state index < -0.39 is 0 Å². The third-order valence-electron chi connectivity index (χ3n) is 2.02. The molecule has 1 aromatic carbocycles. The van der Waals surface area contributed by atoms with E-state index in [9.17, 15) is 4.79 Å².